The van der Waals surface area contributed by atoms with Gasteiger partial charge in [-0.05, 0) is 39.3 Å². The first-order chi connectivity index (χ1) is 14.9. The van der Waals surface area contributed by atoms with Crippen molar-refractivity contribution in [2.24, 2.45) is 0 Å². The van der Waals surface area contributed by atoms with Crippen LogP contribution in [0, 0.1) is 6.92 Å². The minimum Gasteiger partial charge on any atom is -0.493 e. The summed E-state index contributed by atoms with van der Waals surface area (Å²) in [7, 11) is 0. The van der Waals surface area contributed by atoms with E-state index in [1.54, 1.807) is 32.3 Å². The summed E-state index contributed by atoms with van der Waals surface area (Å²) in [6, 6.07) is 9.81. The molecule has 0 atom stereocenters. The maximum atomic E-state index is 9.81. The Morgan fingerprint density at radius 1 is 1.00 bits per heavy atom. The summed E-state index contributed by atoms with van der Waals surface area (Å²) >= 11 is 0. The molecule has 0 fully saturated rings. The molecule has 2 aromatic heterocycles. The quantitative estimate of drug-likeness (QED) is 0.425. The number of rotatable bonds is 11. The highest BCUT2D eigenvalue weighted by Gasteiger charge is 2.15. The number of pyridine rings is 2. The van der Waals surface area contributed by atoms with Crippen molar-refractivity contribution in [3.63, 3.8) is 0 Å². The van der Waals surface area contributed by atoms with Crippen LogP contribution in [-0.4, -0.2) is 33.9 Å². The first kappa shape index (κ1) is 22.8. The van der Waals surface area contributed by atoms with E-state index in [4.69, 9.17) is 19.2 Å². The van der Waals surface area contributed by atoms with E-state index in [1.165, 1.54) is 0 Å². The van der Waals surface area contributed by atoms with E-state index in [2.05, 4.69) is 11.9 Å². The Morgan fingerprint density at radius 2 is 1.74 bits per heavy atom. The molecule has 31 heavy (non-hydrogen) atoms. The fourth-order valence-corrected chi connectivity index (χ4v) is 3.10. The Balaban J connectivity index is 1.73. The van der Waals surface area contributed by atoms with Crippen molar-refractivity contribution in [2.45, 2.75) is 59.2 Å². The largest absolute Gasteiger partial charge is 0.493 e. The van der Waals surface area contributed by atoms with Crippen LogP contribution in [-0.2, 0) is 6.61 Å². The second-order valence-corrected chi connectivity index (χ2v) is 8.29. The zero-order valence-electron chi connectivity index (χ0n) is 18.9. The molecule has 2 heterocycles. The summed E-state index contributed by atoms with van der Waals surface area (Å²) in [5, 5.41) is 10.8. The fraction of sp³-hybridized carbons (Fsp3) is 0.440. The summed E-state index contributed by atoms with van der Waals surface area (Å²) in [5.41, 5.74) is 1.94. The van der Waals surface area contributed by atoms with Gasteiger partial charge in [-0.25, -0.2) is 4.98 Å². The van der Waals surface area contributed by atoms with E-state index >= 15 is 0 Å². The molecule has 0 spiro atoms. The van der Waals surface area contributed by atoms with Crippen molar-refractivity contribution >= 4 is 10.9 Å². The third kappa shape index (κ3) is 6.56. The van der Waals surface area contributed by atoms with Gasteiger partial charge in [0.2, 0.25) is 0 Å². The SMILES string of the molecule is CCCCOc1c(C)c(COc2cncc(OCCC(C)(C)O)c2)nc2ccccc12. The topological polar surface area (TPSA) is 73.7 Å². The normalized spacial score (nSPS) is 11.5. The van der Waals surface area contributed by atoms with E-state index in [0.717, 1.165) is 40.8 Å². The maximum absolute atomic E-state index is 9.81. The fourth-order valence-electron chi connectivity index (χ4n) is 3.10. The maximum Gasteiger partial charge on any atom is 0.141 e. The van der Waals surface area contributed by atoms with E-state index in [-0.39, 0.29) is 0 Å². The van der Waals surface area contributed by atoms with Gasteiger partial charge < -0.3 is 19.3 Å². The molecule has 0 aliphatic heterocycles. The zero-order chi connectivity index (χ0) is 22.3. The molecule has 0 radical (unpaired) electrons. The second-order valence-electron chi connectivity index (χ2n) is 8.29. The van der Waals surface area contributed by atoms with Crippen molar-refractivity contribution in [3.05, 3.63) is 54.0 Å². The molecule has 6 nitrogen and oxygen atoms in total. The van der Waals surface area contributed by atoms with Crippen molar-refractivity contribution in [1.82, 2.24) is 9.97 Å². The minimum absolute atomic E-state index is 0.301. The Hall–Kier alpha value is -2.86. The lowest BCUT2D eigenvalue weighted by atomic mass is 10.1. The third-order valence-corrected chi connectivity index (χ3v) is 4.97. The molecular weight excluding hydrogens is 392 g/mol. The Morgan fingerprint density at radius 3 is 2.48 bits per heavy atom. The monoisotopic (exact) mass is 424 g/mol. The van der Waals surface area contributed by atoms with Gasteiger partial charge in [0.1, 0.15) is 23.9 Å². The molecule has 3 rings (SSSR count). The van der Waals surface area contributed by atoms with Crippen molar-refractivity contribution in [2.75, 3.05) is 13.2 Å². The third-order valence-electron chi connectivity index (χ3n) is 4.97. The molecule has 0 unspecified atom stereocenters. The van der Waals surface area contributed by atoms with Gasteiger partial charge in [-0.15, -0.1) is 0 Å². The smallest absolute Gasteiger partial charge is 0.141 e. The summed E-state index contributed by atoms with van der Waals surface area (Å²) in [4.78, 5) is 8.99. The molecule has 3 aromatic rings. The highest BCUT2D eigenvalue weighted by Crippen LogP contribution is 2.31. The highest BCUT2D eigenvalue weighted by atomic mass is 16.5. The Kier molecular flexibility index (Phi) is 7.69. The lowest BCUT2D eigenvalue weighted by Gasteiger charge is -2.17. The molecule has 0 amide bonds. The van der Waals surface area contributed by atoms with Crippen LogP contribution < -0.4 is 14.2 Å². The van der Waals surface area contributed by atoms with Crippen molar-refractivity contribution in [1.29, 1.82) is 0 Å². The molecule has 0 saturated heterocycles. The molecule has 6 heteroatoms. The molecule has 0 aliphatic carbocycles. The Labute approximate surface area is 184 Å². The molecule has 0 saturated carbocycles. The summed E-state index contributed by atoms with van der Waals surface area (Å²) in [5.74, 6) is 2.08. The average molecular weight is 425 g/mol. The van der Waals surface area contributed by atoms with Gasteiger partial charge >= 0.3 is 0 Å². The lowest BCUT2D eigenvalue weighted by molar-refractivity contribution is 0.0552. The highest BCUT2D eigenvalue weighted by molar-refractivity contribution is 5.86. The summed E-state index contributed by atoms with van der Waals surface area (Å²) < 4.78 is 17.8. The van der Waals surface area contributed by atoms with Gasteiger partial charge in [0.25, 0.3) is 0 Å². The molecule has 1 N–H and O–H groups in total. The number of aromatic nitrogens is 2. The van der Waals surface area contributed by atoms with E-state index in [1.807, 2.05) is 31.2 Å². The molecule has 1 aromatic carbocycles. The van der Waals surface area contributed by atoms with Gasteiger partial charge in [0, 0.05) is 23.4 Å². The van der Waals surface area contributed by atoms with Crippen LogP contribution in [0.4, 0.5) is 0 Å². The number of hydrogen-bond acceptors (Lipinski definition) is 6. The summed E-state index contributed by atoms with van der Waals surface area (Å²) in [6.07, 6.45) is 5.90. The van der Waals surface area contributed by atoms with Crippen LogP contribution in [0.1, 0.15) is 51.3 Å². The van der Waals surface area contributed by atoms with E-state index < -0.39 is 5.60 Å². The molecular formula is C25H32N2O4. The van der Waals surface area contributed by atoms with Gasteiger partial charge in [0.15, 0.2) is 0 Å². The second kappa shape index (κ2) is 10.4. The van der Waals surface area contributed by atoms with Crippen molar-refractivity contribution < 1.29 is 19.3 Å². The number of benzene rings is 1. The summed E-state index contributed by atoms with van der Waals surface area (Å²) in [6.45, 7) is 9.07. The van der Waals surface area contributed by atoms with Gasteiger partial charge in [0.05, 0.1) is 42.4 Å². The predicted octanol–water partition coefficient (Wildman–Crippen LogP) is 5.24. The number of fused-ring (bicyclic) bond motifs is 1. The zero-order valence-corrected chi connectivity index (χ0v) is 18.9. The standard InChI is InChI=1S/C25H32N2O4/c1-5-6-12-30-24-18(2)23(27-22-10-8-7-9-21(22)24)17-31-20-14-19(15-26-16-20)29-13-11-25(3,4)28/h7-10,14-16,28H,5-6,11-13,17H2,1-4H3. The van der Waals surface area contributed by atoms with Crippen LogP contribution in [0.25, 0.3) is 10.9 Å². The number of para-hydroxylation sites is 1. The van der Waals surface area contributed by atoms with Crippen LogP contribution in [0.3, 0.4) is 0 Å². The molecule has 166 valence electrons. The lowest BCUT2D eigenvalue weighted by Crippen LogP contribution is -2.21. The van der Waals surface area contributed by atoms with E-state index in [0.29, 0.717) is 37.7 Å². The number of unbranched alkanes of at least 4 members (excludes halogenated alkanes) is 1. The van der Waals surface area contributed by atoms with Crippen molar-refractivity contribution in [3.8, 4) is 17.2 Å². The van der Waals surface area contributed by atoms with Crippen LogP contribution in [0.5, 0.6) is 17.2 Å². The first-order valence-corrected chi connectivity index (χ1v) is 10.8. The molecule has 0 aliphatic rings. The van der Waals surface area contributed by atoms with Crippen LogP contribution in [0.2, 0.25) is 0 Å². The number of aliphatic hydroxyl groups is 1. The first-order valence-electron chi connectivity index (χ1n) is 10.8. The number of ether oxygens (including phenoxy) is 3. The van der Waals surface area contributed by atoms with Gasteiger partial charge in [-0.2, -0.15) is 0 Å². The van der Waals surface area contributed by atoms with Crippen LogP contribution >= 0.6 is 0 Å². The van der Waals surface area contributed by atoms with Gasteiger partial charge in [-0.3, -0.25) is 4.98 Å². The van der Waals surface area contributed by atoms with Crippen LogP contribution in [0.15, 0.2) is 42.7 Å². The van der Waals surface area contributed by atoms with E-state index in [9.17, 15) is 5.11 Å². The minimum atomic E-state index is -0.766. The number of nitrogens with zero attached hydrogens (tertiary/aromatic N) is 2. The predicted molar refractivity (Wildman–Crippen MR) is 122 cm³/mol. The molecule has 0 bridgehead atoms. The average Bonchev–Trinajstić information content (AvgIpc) is 2.73. The number of hydrogen-bond donors (Lipinski definition) is 1. The Bertz CT molecular complexity index is 998. The van der Waals surface area contributed by atoms with Gasteiger partial charge in [-0.1, -0.05) is 25.5 Å².